The van der Waals surface area contributed by atoms with Crippen LogP contribution in [-0.2, 0) is 6.42 Å². The van der Waals surface area contributed by atoms with E-state index in [4.69, 9.17) is 5.73 Å². The molecule has 3 rings (SSSR count). The molecule has 0 aliphatic heterocycles. The Morgan fingerprint density at radius 1 is 1.00 bits per heavy atom. The third-order valence-corrected chi connectivity index (χ3v) is 3.45. The number of para-hydroxylation sites is 1. The minimum atomic E-state index is -0.589. The first-order valence-electron chi connectivity index (χ1n) is 6.69. The van der Waals surface area contributed by atoms with Crippen molar-refractivity contribution in [3.05, 3.63) is 77.5 Å². The van der Waals surface area contributed by atoms with Gasteiger partial charge in [0, 0.05) is 11.5 Å². The topological polar surface area (TPSA) is 38.9 Å². The molecule has 0 fully saturated rings. The van der Waals surface area contributed by atoms with Crippen LogP contribution in [0.1, 0.15) is 17.3 Å². The van der Waals surface area contributed by atoms with Crippen molar-refractivity contribution < 1.29 is 8.78 Å². The lowest BCUT2D eigenvalue weighted by molar-refractivity contribution is 0.561. The number of rotatable bonds is 3. The Bertz CT molecular complexity index is 787. The standard InChI is InChI=1S/C17H14F2N2/c18-13-7-5-12(14(19)10-13)9-15(20)17-8-6-11-3-1-2-4-16(11)21-17/h1-8,10,15H,9,20H2. The van der Waals surface area contributed by atoms with E-state index >= 15 is 0 Å². The molecule has 106 valence electrons. The lowest BCUT2D eigenvalue weighted by Crippen LogP contribution is -2.15. The molecule has 4 heteroatoms. The normalized spacial score (nSPS) is 12.5. The van der Waals surface area contributed by atoms with Crippen LogP contribution in [0.4, 0.5) is 8.78 Å². The number of halogens is 2. The van der Waals surface area contributed by atoms with Crippen LogP contribution in [0.5, 0.6) is 0 Å². The van der Waals surface area contributed by atoms with Gasteiger partial charge in [0.05, 0.1) is 17.3 Å². The predicted molar refractivity (Wildman–Crippen MR) is 78.7 cm³/mol. The summed E-state index contributed by atoms with van der Waals surface area (Å²) in [6.07, 6.45) is 0.275. The summed E-state index contributed by atoms with van der Waals surface area (Å²) in [5, 5.41) is 1.03. The third kappa shape index (κ3) is 2.90. The maximum atomic E-state index is 13.7. The quantitative estimate of drug-likeness (QED) is 0.795. The van der Waals surface area contributed by atoms with Crippen molar-refractivity contribution in [2.24, 2.45) is 5.73 Å². The van der Waals surface area contributed by atoms with Gasteiger partial charge in [0.25, 0.3) is 0 Å². The van der Waals surface area contributed by atoms with Crippen LogP contribution < -0.4 is 5.73 Å². The first kappa shape index (κ1) is 13.6. The zero-order valence-electron chi connectivity index (χ0n) is 11.3. The van der Waals surface area contributed by atoms with E-state index in [1.807, 2.05) is 36.4 Å². The maximum absolute atomic E-state index is 13.7. The summed E-state index contributed by atoms with van der Waals surface area (Å²) in [4.78, 5) is 4.50. The van der Waals surface area contributed by atoms with Crippen molar-refractivity contribution in [2.45, 2.75) is 12.5 Å². The molecule has 0 spiro atoms. The molecule has 0 saturated heterocycles. The highest BCUT2D eigenvalue weighted by Gasteiger charge is 2.12. The van der Waals surface area contributed by atoms with Crippen LogP contribution in [0.3, 0.4) is 0 Å². The average Bonchev–Trinajstić information content (AvgIpc) is 2.49. The Morgan fingerprint density at radius 2 is 1.81 bits per heavy atom. The van der Waals surface area contributed by atoms with E-state index in [-0.39, 0.29) is 6.42 Å². The van der Waals surface area contributed by atoms with Gasteiger partial charge in [-0.2, -0.15) is 0 Å². The van der Waals surface area contributed by atoms with Crippen LogP contribution in [-0.4, -0.2) is 4.98 Å². The molecule has 2 N–H and O–H groups in total. The van der Waals surface area contributed by atoms with Gasteiger partial charge < -0.3 is 5.73 Å². The lowest BCUT2D eigenvalue weighted by atomic mass is 10.0. The number of nitrogens with zero attached hydrogens (tertiary/aromatic N) is 1. The molecule has 1 aromatic heterocycles. The van der Waals surface area contributed by atoms with Gasteiger partial charge in [0.2, 0.25) is 0 Å². The Morgan fingerprint density at radius 3 is 2.62 bits per heavy atom. The van der Waals surface area contributed by atoms with Crippen LogP contribution in [0, 0.1) is 11.6 Å². The number of hydrogen-bond acceptors (Lipinski definition) is 2. The third-order valence-electron chi connectivity index (χ3n) is 3.45. The molecule has 1 atom stereocenters. The van der Waals surface area contributed by atoms with Crippen molar-refractivity contribution in [2.75, 3.05) is 0 Å². The number of benzene rings is 2. The summed E-state index contributed by atoms with van der Waals surface area (Å²) in [6.45, 7) is 0. The molecule has 3 aromatic rings. The van der Waals surface area contributed by atoms with E-state index in [9.17, 15) is 8.78 Å². The minimum Gasteiger partial charge on any atom is -0.322 e. The molecule has 1 heterocycles. The fourth-order valence-electron chi connectivity index (χ4n) is 2.32. The molecular weight excluding hydrogens is 270 g/mol. The Kier molecular flexibility index (Phi) is 3.62. The van der Waals surface area contributed by atoms with Crippen LogP contribution in [0.25, 0.3) is 10.9 Å². The second-order valence-electron chi connectivity index (χ2n) is 4.98. The molecule has 1 unspecified atom stereocenters. The highest BCUT2D eigenvalue weighted by Crippen LogP contribution is 2.20. The fraction of sp³-hybridized carbons (Fsp3) is 0.118. The van der Waals surface area contributed by atoms with E-state index in [1.54, 1.807) is 0 Å². The van der Waals surface area contributed by atoms with E-state index in [0.29, 0.717) is 11.3 Å². The molecular formula is C17H14F2N2. The van der Waals surface area contributed by atoms with E-state index in [1.165, 1.54) is 12.1 Å². The Labute approximate surface area is 121 Å². The molecule has 21 heavy (non-hydrogen) atoms. The molecule has 2 nitrogen and oxygen atoms in total. The highest BCUT2D eigenvalue weighted by atomic mass is 19.1. The smallest absolute Gasteiger partial charge is 0.129 e. The second kappa shape index (κ2) is 5.58. The van der Waals surface area contributed by atoms with Gasteiger partial charge in [0.1, 0.15) is 11.6 Å². The van der Waals surface area contributed by atoms with Gasteiger partial charge in [-0.05, 0) is 30.2 Å². The van der Waals surface area contributed by atoms with E-state index in [2.05, 4.69) is 4.98 Å². The van der Waals surface area contributed by atoms with Gasteiger partial charge in [-0.15, -0.1) is 0 Å². The largest absolute Gasteiger partial charge is 0.322 e. The first-order valence-corrected chi connectivity index (χ1v) is 6.69. The summed E-state index contributed by atoms with van der Waals surface area (Å²) < 4.78 is 26.6. The second-order valence-corrected chi connectivity index (χ2v) is 4.98. The number of nitrogens with two attached hydrogens (primary N) is 1. The Balaban J connectivity index is 1.87. The van der Waals surface area contributed by atoms with Crippen molar-refractivity contribution >= 4 is 10.9 Å². The summed E-state index contributed by atoms with van der Waals surface area (Å²) in [6, 6.07) is 14.6. The lowest BCUT2D eigenvalue weighted by Gasteiger charge is -2.12. The van der Waals surface area contributed by atoms with E-state index in [0.717, 1.165) is 17.0 Å². The van der Waals surface area contributed by atoms with Crippen molar-refractivity contribution in [3.8, 4) is 0 Å². The predicted octanol–water partition coefficient (Wildman–Crippen LogP) is 3.76. The summed E-state index contributed by atoms with van der Waals surface area (Å²) in [5.41, 5.74) is 8.03. The molecule has 0 saturated carbocycles. The van der Waals surface area contributed by atoms with Gasteiger partial charge in [-0.25, -0.2) is 8.78 Å². The molecule has 0 amide bonds. The Hall–Kier alpha value is -2.33. The summed E-state index contributed by atoms with van der Waals surface area (Å²) >= 11 is 0. The van der Waals surface area contributed by atoms with E-state index < -0.39 is 17.7 Å². The number of aromatic nitrogens is 1. The van der Waals surface area contributed by atoms with Gasteiger partial charge >= 0.3 is 0 Å². The monoisotopic (exact) mass is 284 g/mol. The SMILES string of the molecule is NC(Cc1ccc(F)cc1F)c1ccc2ccccc2n1. The summed E-state index contributed by atoms with van der Waals surface area (Å²) in [5.74, 6) is -1.17. The number of pyridine rings is 1. The fourth-order valence-corrected chi connectivity index (χ4v) is 2.32. The molecule has 0 aliphatic rings. The number of fused-ring (bicyclic) bond motifs is 1. The molecule has 2 aromatic carbocycles. The van der Waals surface area contributed by atoms with Crippen LogP contribution >= 0.6 is 0 Å². The van der Waals surface area contributed by atoms with Crippen molar-refractivity contribution in [1.29, 1.82) is 0 Å². The average molecular weight is 284 g/mol. The van der Waals surface area contributed by atoms with Gasteiger partial charge in [-0.3, -0.25) is 4.98 Å². The van der Waals surface area contributed by atoms with Crippen LogP contribution in [0.2, 0.25) is 0 Å². The molecule has 0 radical (unpaired) electrons. The molecule has 0 aliphatic carbocycles. The maximum Gasteiger partial charge on any atom is 0.129 e. The highest BCUT2D eigenvalue weighted by molar-refractivity contribution is 5.78. The van der Waals surface area contributed by atoms with Crippen molar-refractivity contribution in [1.82, 2.24) is 4.98 Å². The summed E-state index contributed by atoms with van der Waals surface area (Å²) in [7, 11) is 0. The minimum absolute atomic E-state index is 0.275. The zero-order chi connectivity index (χ0) is 14.8. The first-order chi connectivity index (χ1) is 10.1. The zero-order valence-corrected chi connectivity index (χ0v) is 11.3. The van der Waals surface area contributed by atoms with Crippen LogP contribution in [0.15, 0.2) is 54.6 Å². The van der Waals surface area contributed by atoms with Gasteiger partial charge in [0.15, 0.2) is 0 Å². The molecule has 0 bridgehead atoms. The van der Waals surface area contributed by atoms with Gasteiger partial charge in [-0.1, -0.05) is 30.3 Å². The number of hydrogen-bond donors (Lipinski definition) is 1. The van der Waals surface area contributed by atoms with Crippen molar-refractivity contribution in [3.63, 3.8) is 0 Å².